The zero-order valence-electron chi connectivity index (χ0n) is 12.1. The molecule has 3 atom stereocenters. The molecule has 22 heavy (non-hydrogen) atoms. The second kappa shape index (κ2) is 4.50. The van der Waals surface area contributed by atoms with Crippen molar-refractivity contribution in [2.45, 2.75) is 24.8 Å². The normalized spacial score (nSPS) is 25.4. The Hall–Kier alpha value is -2.49. The first kappa shape index (κ1) is 12.1. The first-order valence-corrected chi connectivity index (χ1v) is 7.82. The summed E-state index contributed by atoms with van der Waals surface area (Å²) >= 11 is 0. The predicted molar refractivity (Wildman–Crippen MR) is 85.7 cm³/mol. The van der Waals surface area contributed by atoms with Crippen molar-refractivity contribution < 1.29 is 0 Å². The third kappa shape index (κ3) is 1.80. The second-order valence-electron chi connectivity index (χ2n) is 6.19. The average molecular weight is 288 g/mol. The summed E-state index contributed by atoms with van der Waals surface area (Å²) in [5, 5.41) is 3.61. The topological polar surface area (TPSA) is 50.7 Å². The number of pyridine rings is 1. The van der Waals surface area contributed by atoms with Crippen LogP contribution < -0.4 is 5.32 Å². The van der Waals surface area contributed by atoms with Gasteiger partial charge in [-0.3, -0.25) is 4.98 Å². The number of hydrogen-bond donors (Lipinski definition) is 1. The molecule has 0 saturated heterocycles. The molecule has 0 spiro atoms. The zero-order valence-corrected chi connectivity index (χ0v) is 12.1. The fourth-order valence-corrected chi connectivity index (χ4v) is 3.87. The van der Waals surface area contributed by atoms with E-state index >= 15 is 0 Å². The molecule has 4 nitrogen and oxygen atoms in total. The summed E-state index contributed by atoms with van der Waals surface area (Å²) in [4.78, 5) is 13.1. The Morgan fingerprint density at radius 3 is 2.91 bits per heavy atom. The van der Waals surface area contributed by atoms with Gasteiger partial charge in [0.15, 0.2) is 5.65 Å². The summed E-state index contributed by atoms with van der Waals surface area (Å²) in [5.41, 5.74) is 4.59. The highest BCUT2D eigenvalue weighted by Crippen LogP contribution is 2.55. The van der Waals surface area contributed by atoms with E-state index in [0.717, 1.165) is 17.3 Å². The average Bonchev–Trinajstić information content (AvgIpc) is 3.28. The van der Waals surface area contributed by atoms with Crippen LogP contribution in [-0.2, 0) is 6.42 Å². The van der Waals surface area contributed by atoms with Crippen LogP contribution in [0.3, 0.4) is 0 Å². The molecule has 108 valence electrons. The largest absolute Gasteiger partial charge is 0.366 e. The van der Waals surface area contributed by atoms with Gasteiger partial charge in [-0.25, -0.2) is 9.97 Å². The molecular weight excluding hydrogens is 272 g/mol. The van der Waals surface area contributed by atoms with Crippen LogP contribution in [0.1, 0.15) is 23.5 Å². The molecule has 2 heterocycles. The zero-order chi connectivity index (χ0) is 14.5. The minimum Gasteiger partial charge on any atom is -0.366 e. The van der Waals surface area contributed by atoms with Crippen LogP contribution >= 0.6 is 0 Å². The van der Waals surface area contributed by atoms with Crippen LogP contribution in [0.2, 0.25) is 0 Å². The van der Waals surface area contributed by atoms with E-state index in [-0.39, 0.29) is 0 Å². The molecule has 1 saturated carbocycles. The van der Waals surface area contributed by atoms with E-state index < -0.39 is 0 Å². The molecule has 4 heteroatoms. The van der Waals surface area contributed by atoms with Gasteiger partial charge in [-0.1, -0.05) is 24.3 Å². The Morgan fingerprint density at radius 1 is 1.00 bits per heavy atom. The number of aromatic nitrogens is 3. The molecule has 0 bridgehead atoms. The smallest absolute Gasteiger partial charge is 0.180 e. The van der Waals surface area contributed by atoms with Gasteiger partial charge in [0.2, 0.25) is 0 Å². The molecule has 0 radical (unpaired) electrons. The monoisotopic (exact) mass is 288 g/mol. The number of nitrogens with zero attached hydrogens (tertiary/aromatic N) is 3. The maximum atomic E-state index is 4.58. The summed E-state index contributed by atoms with van der Waals surface area (Å²) in [7, 11) is 0. The fourth-order valence-electron chi connectivity index (χ4n) is 3.87. The second-order valence-corrected chi connectivity index (χ2v) is 6.19. The van der Waals surface area contributed by atoms with Crippen LogP contribution in [0, 0.1) is 5.92 Å². The minimum atomic E-state index is 0.505. The van der Waals surface area contributed by atoms with E-state index in [1.807, 2.05) is 12.1 Å². The number of hydrogen-bond acceptors (Lipinski definition) is 4. The number of rotatable bonds is 2. The van der Waals surface area contributed by atoms with Crippen molar-refractivity contribution in [3.63, 3.8) is 0 Å². The Bertz CT molecular complexity index is 860. The van der Waals surface area contributed by atoms with Crippen LogP contribution in [0.15, 0.2) is 48.8 Å². The summed E-state index contributed by atoms with van der Waals surface area (Å²) in [6.07, 6.45) is 5.86. The summed E-state index contributed by atoms with van der Waals surface area (Å²) in [6, 6.07) is 13.3. The van der Waals surface area contributed by atoms with Crippen LogP contribution in [0.4, 0.5) is 5.82 Å². The van der Waals surface area contributed by atoms with Gasteiger partial charge in [-0.15, -0.1) is 0 Å². The van der Waals surface area contributed by atoms with Crippen LogP contribution in [-0.4, -0.2) is 21.0 Å². The number of benzene rings is 1. The molecule has 1 N–H and O–H groups in total. The highest BCUT2D eigenvalue weighted by Gasteiger charge is 2.53. The molecule has 5 rings (SSSR count). The Labute approximate surface area is 128 Å². The van der Waals surface area contributed by atoms with E-state index in [1.165, 1.54) is 24.0 Å². The van der Waals surface area contributed by atoms with E-state index in [9.17, 15) is 0 Å². The molecule has 0 amide bonds. The highest BCUT2D eigenvalue weighted by molar-refractivity contribution is 5.71. The molecule has 1 aromatic carbocycles. The van der Waals surface area contributed by atoms with Gasteiger partial charge in [0.25, 0.3) is 0 Å². The first-order valence-electron chi connectivity index (χ1n) is 7.82. The molecule has 2 aliphatic carbocycles. The number of anilines is 1. The first-order chi connectivity index (χ1) is 10.9. The molecule has 2 aliphatic rings. The fraction of sp³-hybridized carbons (Fsp3) is 0.278. The van der Waals surface area contributed by atoms with Gasteiger partial charge >= 0.3 is 0 Å². The third-order valence-electron chi connectivity index (χ3n) is 4.98. The van der Waals surface area contributed by atoms with Gasteiger partial charge in [0.1, 0.15) is 11.3 Å². The van der Waals surface area contributed by atoms with Crippen molar-refractivity contribution in [2.24, 2.45) is 5.92 Å². The molecule has 0 aliphatic heterocycles. The van der Waals surface area contributed by atoms with E-state index in [2.05, 4.69) is 44.5 Å². The van der Waals surface area contributed by atoms with E-state index in [0.29, 0.717) is 17.6 Å². The quantitative estimate of drug-likeness (QED) is 0.787. The lowest BCUT2D eigenvalue weighted by Gasteiger charge is -2.13. The van der Waals surface area contributed by atoms with E-state index in [4.69, 9.17) is 0 Å². The van der Waals surface area contributed by atoms with Crippen molar-refractivity contribution in [3.8, 4) is 0 Å². The number of fused-ring (bicyclic) bond motifs is 4. The summed E-state index contributed by atoms with van der Waals surface area (Å²) in [5.74, 6) is 2.29. The lowest BCUT2D eigenvalue weighted by Crippen LogP contribution is -2.07. The molecular formula is C18H16N4. The van der Waals surface area contributed by atoms with Crippen molar-refractivity contribution >= 4 is 17.0 Å². The maximum absolute atomic E-state index is 4.58. The number of nitrogens with one attached hydrogen (secondary N) is 1. The summed E-state index contributed by atoms with van der Waals surface area (Å²) < 4.78 is 0. The molecule has 1 fully saturated rings. The van der Waals surface area contributed by atoms with Gasteiger partial charge < -0.3 is 5.32 Å². The standard InChI is InChI=1S/C18H16N4/c1-2-4-12-11(3-1)5-6-13-16(12)17(13)21-15-8-7-14-18(22-15)20-10-9-19-14/h1-4,7-10,13,16-17H,5-6H2,(H,20,21,22). The molecule has 2 aromatic heterocycles. The lowest BCUT2D eigenvalue weighted by atomic mass is 9.92. The van der Waals surface area contributed by atoms with E-state index in [1.54, 1.807) is 12.4 Å². The third-order valence-corrected chi connectivity index (χ3v) is 4.98. The van der Waals surface area contributed by atoms with Crippen molar-refractivity contribution in [2.75, 3.05) is 5.32 Å². The van der Waals surface area contributed by atoms with Gasteiger partial charge in [0.05, 0.1) is 0 Å². The van der Waals surface area contributed by atoms with Crippen molar-refractivity contribution in [1.29, 1.82) is 0 Å². The van der Waals surface area contributed by atoms with Gasteiger partial charge in [-0.2, -0.15) is 0 Å². The predicted octanol–water partition coefficient (Wildman–Crippen LogP) is 3.17. The summed E-state index contributed by atoms with van der Waals surface area (Å²) in [6.45, 7) is 0. The molecule has 3 unspecified atom stereocenters. The maximum Gasteiger partial charge on any atom is 0.180 e. The SMILES string of the molecule is c1ccc2c(c1)CCC1C(Nc3ccc4nccnc4n3)C21. The minimum absolute atomic E-state index is 0.505. The van der Waals surface area contributed by atoms with Crippen molar-refractivity contribution in [3.05, 3.63) is 59.9 Å². The number of aryl methyl sites for hydroxylation is 1. The Morgan fingerprint density at radius 2 is 1.91 bits per heavy atom. The Balaban J connectivity index is 1.43. The van der Waals surface area contributed by atoms with Crippen LogP contribution in [0.5, 0.6) is 0 Å². The van der Waals surface area contributed by atoms with Gasteiger partial charge in [0, 0.05) is 24.4 Å². The van der Waals surface area contributed by atoms with Crippen LogP contribution in [0.25, 0.3) is 11.2 Å². The van der Waals surface area contributed by atoms with Gasteiger partial charge in [-0.05, 0) is 42.0 Å². The Kier molecular flexibility index (Phi) is 2.47. The molecule has 3 aromatic rings. The highest BCUT2D eigenvalue weighted by atomic mass is 15.1. The van der Waals surface area contributed by atoms with Crippen molar-refractivity contribution in [1.82, 2.24) is 15.0 Å². The lowest BCUT2D eigenvalue weighted by molar-refractivity contribution is 0.661.